The van der Waals surface area contributed by atoms with Crippen molar-refractivity contribution in [3.05, 3.63) is 10.1 Å². The number of halogens is 4. The normalized spacial score (nSPS) is 8.00. The molecule has 0 aliphatic heterocycles. The van der Waals surface area contributed by atoms with E-state index in [9.17, 15) is 17.3 Å². The van der Waals surface area contributed by atoms with Gasteiger partial charge in [0.05, 0.1) is 0 Å². The molecule has 9 heteroatoms. The van der Waals surface area contributed by atoms with Crippen LogP contribution in [0, 0.1) is 10.1 Å². The molecule has 0 spiro atoms. The van der Waals surface area contributed by atoms with Gasteiger partial charge < -0.3 is 17.3 Å². The molecule has 0 aliphatic carbocycles. The third-order valence-electron chi connectivity index (χ3n) is 0. The van der Waals surface area contributed by atoms with Crippen LogP contribution in [0.15, 0.2) is 0 Å². The fraction of sp³-hybridized carbons (Fsp3) is 0. The Morgan fingerprint density at radius 2 is 1.22 bits per heavy atom. The van der Waals surface area contributed by atoms with Gasteiger partial charge in [0, 0.05) is 5.34 Å². The first-order valence-corrected chi connectivity index (χ1v) is 1.28. The molecule has 0 radical (unpaired) electrons. The molecule has 0 aromatic carbocycles. The van der Waals surface area contributed by atoms with Crippen molar-refractivity contribution in [3.63, 3.8) is 0 Å². The van der Waals surface area contributed by atoms with E-state index in [1.54, 1.807) is 0 Å². The van der Waals surface area contributed by atoms with Gasteiger partial charge in [-0.1, -0.05) is 0 Å². The molecule has 0 amide bonds. The van der Waals surface area contributed by atoms with Crippen molar-refractivity contribution >= 4 is 7.25 Å². The minimum absolute atomic E-state index is 0. The van der Waals surface area contributed by atoms with E-state index in [2.05, 4.69) is 0 Å². The number of rotatable bonds is 0. The van der Waals surface area contributed by atoms with Gasteiger partial charge in [0.2, 0.25) is 0 Å². The van der Waals surface area contributed by atoms with E-state index in [4.69, 9.17) is 10.1 Å². The second-order valence-corrected chi connectivity index (χ2v) is 0.578. The molecule has 0 heterocycles. The van der Waals surface area contributed by atoms with Crippen molar-refractivity contribution in [2.75, 3.05) is 0 Å². The van der Waals surface area contributed by atoms with Crippen LogP contribution in [-0.4, -0.2) is 7.25 Å². The molecule has 0 fully saturated rings. The number of nitrogens with one attached hydrogen (secondary N) is 1. The number of hydrogen-bond acceptors (Lipinski definition) is 2. The molecular formula is HBF4NNaO2. The van der Waals surface area contributed by atoms with Crippen molar-refractivity contribution in [3.8, 4) is 0 Å². The van der Waals surface area contributed by atoms with Gasteiger partial charge in [0.25, 0.3) is 0 Å². The quantitative estimate of drug-likeness (QED) is 0.173. The third kappa shape index (κ3) is 9150. The van der Waals surface area contributed by atoms with Gasteiger partial charge in [-0.25, -0.2) is 0 Å². The number of hydrogen-bond donors (Lipinski definition) is 1. The second-order valence-electron chi connectivity index (χ2n) is 0.578. The van der Waals surface area contributed by atoms with E-state index in [0.29, 0.717) is 0 Å². The molecule has 0 rings (SSSR count). The van der Waals surface area contributed by atoms with E-state index >= 15 is 0 Å². The fourth-order valence-corrected chi connectivity index (χ4v) is 0. The molecule has 0 saturated carbocycles. The summed E-state index contributed by atoms with van der Waals surface area (Å²) >= 11 is 0. The molecule has 1 N–H and O–H groups in total. The molecule has 9 heavy (non-hydrogen) atoms. The summed E-state index contributed by atoms with van der Waals surface area (Å²) in [4.78, 5) is 8.12. The summed E-state index contributed by atoms with van der Waals surface area (Å²) in [7, 11) is -6.00. The van der Waals surface area contributed by atoms with Crippen molar-refractivity contribution in [2.24, 2.45) is 0 Å². The van der Waals surface area contributed by atoms with Gasteiger partial charge in [-0.2, -0.15) is 0 Å². The molecule has 0 saturated heterocycles. The van der Waals surface area contributed by atoms with Crippen molar-refractivity contribution < 1.29 is 52.2 Å². The summed E-state index contributed by atoms with van der Waals surface area (Å²) in [6.45, 7) is 0. The average Bonchev–Trinajstić information content (AvgIpc) is 1.27. The van der Waals surface area contributed by atoms with Crippen molar-refractivity contribution in [1.82, 2.24) is 0 Å². The van der Waals surface area contributed by atoms with E-state index < -0.39 is 7.25 Å². The van der Waals surface area contributed by atoms with Crippen LogP contribution in [0.3, 0.4) is 0 Å². The summed E-state index contributed by atoms with van der Waals surface area (Å²) in [5.41, 5.74) is 0. The zero-order valence-electron chi connectivity index (χ0n) is 4.41. The topological polar surface area (TPSA) is 54.1 Å². The zero-order chi connectivity index (χ0) is 7.21. The Balaban J connectivity index is -0.0000000800. The molecule has 0 aromatic heterocycles. The maximum Gasteiger partial charge on any atom is 1.00 e. The maximum absolute atomic E-state index is 9.75. The summed E-state index contributed by atoms with van der Waals surface area (Å²) in [6, 6.07) is 0. The van der Waals surface area contributed by atoms with E-state index in [1.807, 2.05) is 0 Å². The first-order chi connectivity index (χ1) is 3.41. The van der Waals surface area contributed by atoms with Crippen LogP contribution in [0.1, 0.15) is 0 Å². The zero-order valence-corrected chi connectivity index (χ0v) is 6.41. The predicted molar refractivity (Wildman–Crippen MR) is 17.9 cm³/mol. The first-order valence-electron chi connectivity index (χ1n) is 1.28. The van der Waals surface area contributed by atoms with Crippen LogP contribution >= 0.6 is 0 Å². The van der Waals surface area contributed by atoms with Crippen molar-refractivity contribution in [1.29, 1.82) is 0 Å². The SMILES string of the molecule is F[B-](F)(F)F.O=[NH+][O-].[Na+]. The largest absolute Gasteiger partial charge is 1.00 e. The average molecular weight is 157 g/mol. The van der Waals surface area contributed by atoms with Gasteiger partial charge in [-0.15, -0.1) is 0 Å². The van der Waals surface area contributed by atoms with Gasteiger partial charge in [0.1, 0.15) is 0 Å². The minimum atomic E-state index is -6.00. The van der Waals surface area contributed by atoms with E-state index in [0.717, 1.165) is 0 Å². The Kier molecular flexibility index (Phi) is 14.6. The smallest absolute Gasteiger partial charge is 0.418 e. The molecule has 0 aromatic rings. The Morgan fingerprint density at radius 3 is 1.22 bits per heavy atom. The van der Waals surface area contributed by atoms with Crippen LogP contribution in [0.25, 0.3) is 0 Å². The maximum atomic E-state index is 9.75. The van der Waals surface area contributed by atoms with Crippen LogP contribution in [0.5, 0.6) is 0 Å². The molecule has 3 nitrogen and oxygen atoms in total. The molecular weight excluding hydrogens is 156 g/mol. The molecule has 0 aliphatic rings. The molecule has 50 valence electrons. The first kappa shape index (κ1) is 16.1. The Bertz CT molecular complexity index is 58.1. The van der Waals surface area contributed by atoms with Gasteiger partial charge in [-0.05, 0) is 0 Å². The summed E-state index contributed by atoms with van der Waals surface area (Å²) in [5, 5.41) is 8.38. The minimum Gasteiger partial charge on any atom is -0.418 e. The van der Waals surface area contributed by atoms with Crippen LogP contribution in [0.4, 0.5) is 17.3 Å². The summed E-state index contributed by atoms with van der Waals surface area (Å²) in [6.07, 6.45) is 0. The van der Waals surface area contributed by atoms with Crippen LogP contribution < -0.4 is 34.9 Å². The monoisotopic (exact) mass is 157 g/mol. The summed E-state index contributed by atoms with van der Waals surface area (Å²) < 4.78 is 39.0. The Hall–Kier alpha value is 0.185. The third-order valence-corrected chi connectivity index (χ3v) is 0. The Morgan fingerprint density at radius 1 is 1.22 bits per heavy atom. The fourth-order valence-electron chi connectivity index (χ4n) is 0. The van der Waals surface area contributed by atoms with Crippen LogP contribution in [-0.2, 0) is 0 Å². The van der Waals surface area contributed by atoms with Crippen molar-refractivity contribution in [2.45, 2.75) is 0 Å². The standard InChI is InChI=1S/BF4.HNO2.Na/c2-1(3,4)5;2-1-3;/h;1H;/q-1;;+1. The molecule has 0 bridgehead atoms. The van der Waals surface area contributed by atoms with Gasteiger partial charge in [-0.3, -0.25) is 10.1 Å². The summed E-state index contributed by atoms with van der Waals surface area (Å²) in [5.74, 6) is 0. The van der Waals surface area contributed by atoms with E-state index in [-0.39, 0.29) is 34.9 Å². The van der Waals surface area contributed by atoms with Gasteiger partial charge in [0.15, 0.2) is 0 Å². The van der Waals surface area contributed by atoms with E-state index in [1.165, 1.54) is 0 Å². The second kappa shape index (κ2) is 8.18. The van der Waals surface area contributed by atoms with Crippen LogP contribution in [0.2, 0.25) is 0 Å². The van der Waals surface area contributed by atoms with Gasteiger partial charge >= 0.3 is 36.8 Å². The molecule has 0 atom stereocenters. The Labute approximate surface area is 69.8 Å². The molecule has 0 unspecified atom stereocenters. The predicted octanol–water partition coefficient (Wildman–Crippen LogP) is -3.36.